The van der Waals surface area contributed by atoms with E-state index >= 15 is 0 Å². The maximum Gasteiger partial charge on any atom is 0.336 e. The summed E-state index contributed by atoms with van der Waals surface area (Å²) in [6.45, 7) is -0.690. The van der Waals surface area contributed by atoms with Crippen LogP contribution in [-0.2, 0) is 4.74 Å². The van der Waals surface area contributed by atoms with Gasteiger partial charge in [-0.2, -0.15) is 0 Å². The molecule has 0 spiro atoms. The fraction of sp³-hybridized carbons (Fsp3) is 0.250. The Kier molecular flexibility index (Phi) is 6.23. The topological polar surface area (TPSA) is 209 Å². The van der Waals surface area contributed by atoms with Crippen molar-refractivity contribution in [3.63, 3.8) is 0 Å². The second kappa shape index (κ2) is 9.38. The smallest absolute Gasteiger partial charge is 0.336 e. The molecule has 13 nitrogen and oxygen atoms in total. The third-order valence-corrected chi connectivity index (χ3v) is 5.84. The number of rotatable bonds is 5. The van der Waals surface area contributed by atoms with Crippen LogP contribution in [0.25, 0.3) is 21.9 Å². The molecule has 13 heteroatoms. The van der Waals surface area contributed by atoms with Crippen molar-refractivity contribution in [2.24, 2.45) is 0 Å². The molecule has 1 saturated heterocycles. The van der Waals surface area contributed by atoms with E-state index in [1.54, 1.807) is 0 Å². The van der Waals surface area contributed by atoms with E-state index in [1.165, 1.54) is 30.3 Å². The number of fused-ring (bicyclic) bond motifs is 2. The van der Waals surface area contributed by atoms with Gasteiger partial charge in [-0.1, -0.05) is 0 Å². The number of aliphatic hydroxyl groups is 4. The van der Waals surface area contributed by atoms with Crippen molar-refractivity contribution in [2.45, 2.75) is 30.7 Å². The lowest BCUT2D eigenvalue weighted by Gasteiger charge is -2.39. The lowest BCUT2D eigenvalue weighted by molar-refractivity contribution is -0.277. The average molecular weight is 516 g/mol. The third-order valence-electron chi connectivity index (χ3n) is 5.84. The quantitative estimate of drug-likeness (QED) is 0.156. The predicted octanol–water partition coefficient (Wildman–Crippen LogP) is 0.282. The zero-order valence-corrected chi connectivity index (χ0v) is 18.7. The Bertz CT molecular complexity index is 1590. The van der Waals surface area contributed by atoms with Gasteiger partial charge < -0.3 is 53.7 Å². The molecular weight excluding hydrogens is 496 g/mol. The first-order valence-electron chi connectivity index (χ1n) is 10.9. The highest BCUT2D eigenvalue weighted by Crippen LogP contribution is 2.45. The molecule has 1 fully saturated rings. The van der Waals surface area contributed by atoms with E-state index < -0.39 is 60.1 Å². The van der Waals surface area contributed by atoms with Crippen molar-refractivity contribution in [3.8, 4) is 28.7 Å². The monoisotopic (exact) mass is 516 g/mol. The van der Waals surface area contributed by atoms with Crippen LogP contribution in [0.2, 0.25) is 0 Å². The lowest BCUT2D eigenvalue weighted by atomic mass is 9.99. The summed E-state index contributed by atoms with van der Waals surface area (Å²) >= 11 is 0. The Labute approximate surface area is 205 Å². The molecule has 5 rings (SSSR count). The van der Waals surface area contributed by atoms with Gasteiger partial charge in [0.1, 0.15) is 30.2 Å². The van der Waals surface area contributed by atoms with E-state index in [4.69, 9.17) is 23.0 Å². The minimum atomic E-state index is -1.75. The molecule has 4 aromatic rings. The molecule has 0 bridgehead atoms. The molecule has 3 heterocycles. The Morgan fingerprint density at radius 1 is 0.811 bits per heavy atom. The summed E-state index contributed by atoms with van der Waals surface area (Å²) in [7, 11) is 0. The highest BCUT2D eigenvalue weighted by Gasteiger charge is 2.45. The van der Waals surface area contributed by atoms with E-state index in [0.29, 0.717) is 5.39 Å². The van der Waals surface area contributed by atoms with Crippen molar-refractivity contribution in [2.75, 3.05) is 6.61 Å². The SMILES string of the molecule is O=c1ccc2ccc(OC3OC(CO)C(O)C(O)C3O)c(Oc3cc(O)c(O)c4oc(=O)ccc34)c2o1. The van der Waals surface area contributed by atoms with Crippen molar-refractivity contribution in [1.29, 1.82) is 0 Å². The number of hydrogen-bond acceptors (Lipinski definition) is 13. The Morgan fingerprint density at radius 2 is 1.49 bits per heavy atom. The number of ether oxygens (including phenoxy) is 3. The van der Waals surface area contributed by atoms with Crippen molar-refractivity contribution < 1.29 is 53.7 Å². The van der Waals surface area contributed by atoms with Crippen LogP contribution in [0.1, 0.15) is 0 Å². The van der Waals surface area contributed by atoms with Crippen LogP contribution in [0, 0.1) is 0 Å². The highest BCUT2D eigenvalue weighted by molar-refractivity contribution is 5.92. The number of aliphatic hydroxyl groups excluding tert-OH is 4. The molecule has 0 aliphatic carbocycles. The van der Waals surface area contributed by atoms with Gasteiger partial charge in [-0.05, 0) is 24.3 Å². The summed E-state index contributed by atoms with van der Waals surface area (Å²) in [5, 5.41) is 60.8. The number of aromatic hydroxyl groups is 2. The minimum Gasteiger partial charge on any atom is -0.504 e. The van der Waals surface area contributed by atoms with Gasteiger partial charge in [0, 0.05) is 23.6 Å². The van der Waals surface area contributed by atoms with E-state index in [9.17, 15) is 40.2 Å². The van der Waals surface area contributed by atoms with Gasteiger partial charge in [-0.3, -0.25) is 0 Å². The first-order chi connectivity index (χ1) is 17.7. The molecule has 5 unspecified atom stereocenters. The van der Waals surface area contributed by atoms with Crippen LogP contribution in [0.5, 0.6) is 28.7 Å². The molecule has 0 radical (unpaired) electrons. The van der Waals surface area contributed by atoms with E-state index in [1.807, 2.05) is 0 Å². The second-order valence-corrected chi connectivity index (χ2v) is 8.22. The van der Waals surface area contributed by atoms with Crippen LogP contribution in [-0.4, -0.2) is 68.0 Å². The van der Waals surface area contributed by atoms with Crippen LogP contribution in [0.4, 0.5) is 0 Å². The van der Waals surface area contributed by atoms with E-state index in [-0.39, 0.29) is 33.8 Å². The Hall–Kier alpha value is -4.14. The van der Waals surface area contributed by atoms with Crippen LogP contribution in [0.15, 0.2) is 60.9 Å². The molecule has 194 valence electrons. The van der Waals surface area contributed by atoms with Gasteiger partial charge in [0.25, 0.3) is 0 Å². The summed E-state index contributed by atoms with van der Waals surface area (Å²) in [5.74, 6) is -1.96. The molecule has 1 aliphatic rings. The van der Waals surface area contributed by atoms with Crippen LogP contribution >= 0.6 is 0 Å². The Balaban J connectivity index is 1.65. The van der Waals surface area contributed by atoms with Gasteiger partial charge >= 0.3 is 11.3 Å². The number of hydrogen-bond donors (Lipinski definition) is 6. The molecular formula is C24H20O13. The molecule has 1 aliphatic heterocycles. The highest BCUT2D eigenvalue weighted by atomic mass is 16.7. The summed E-state index contributed by atoms with van der Waals surface area (Å²) < 4.78 is 27.4. The molecule has 37 heavy (non-hydrogen) atoms. The largest absolute Gasteiger partial charge is 0.504 e. The lowest BCUT2D eigenvalue weighted by Crippen LogP contribution is -2.60. The van der Waals surface area contributed by atoms with Crippen molar-refractivity contribution in [3.05, 3.63) is 63.3 Å². The predicted molar refractivity (Wildman–Crippen MR) is 123 cm³/mol. The normalized spacial score (nSPS) is 23.8. The Morgan fingerprint density at radius 3 is 2.22 bits per heavy atom. The van der Waals surface area contributed by atoms with Crippen LogP contribution in [0.3, 0.4) is 0 Å². The first kappa shape index (κ1) is 24.5. The molecule has 0 saturated carbocycles. The van der Waals surface area contributed by atoms with Gasteiger partial charge in [0.2, 0.25) is 17.8 Å². The van der Waals surface area contributed by atoms with E-state index in [0.717, 1.165) is 12.1 Å². The number of phenols is 2. The average Bonchev–Trinajstić information content (AvgIpc) is 2.88. The summed E-state index contributed by atoms with van der Waals surface area (Å²) in [4.78, 5) is 23.7. The molecule has 2 aromatic heterocycles. The van der Waals surface area contributed by atoms with Crippen molar-refractivity contribution >= 4 is 21.9 Å². The molecule has 6 N–H and O–H groups in total. The van der Waals surface area contributed by atoms with Crippen molar-refractivity contribution in [1.82, 2.24) is 0 Å². The minimum absolute atomic E-state index is 0.0592. The second-order valence-electron chi connectivity index (χ2n) is 8.22. The standard InChI is InChI=1S/C24H20O13/c25-8-14-18(30)19(31)20(32)24(35-14)34-12-4-1-9-2-5-15(27)36-21(9)23(12)33-13-7-11(26)17(29)22-10(13)3-6-16(28)37-22/h1-7,14,18-20,24-26,29-32H,8H2. The first-order valence-corrected chi connectivity index (χ1v) is 10.9. The number of benzene rings is 2. The summed E-state index contributed by atoms with van der Waals surface area (Å²) in [5.41, 5.74) is -2.04. The van der Waals surface area contributed by atoms with Gasteiger partial charge in [0.05, 0.1) is 12.0 Å². The van der Waals surface area contributed by atoms with Gasteiger partial charge in [0.15, 0.2) is 22.7 Å². The van der Waals surface area contributed by atoms with Gasteiger partial charge in [-0.25, -0.2) is 9.59 Å². The van der Waals surface area contributed by atoms with E-state index in [2.05, 4.69) is 0 Å². The zero-order valence-electron chi connectivity index (χ0n) is 18.7. The molecule has 2 aromatic carbocycles. The van der Waals surface area contributed by atoms with Gasteiger partial charge in [-0.15, -0.1) is 0 Å². The third kappa shape index (κ3) is 4.34. The summed E-state index contributed by atoms with van der Waals surface area (Å²) in [6, 6.07) is 8.83. The molecule has 5 atom stereocenters. The fourth-order valence-electron chi connectivity index (χ4n) is 3.94. The zero-order chi connectivity index (χ0) is 26.4. The fourth-order valence-corrected chi connectivity index (χ4v) is 3.94. The summed E-state index contributed by atoms with van der Waals surface area (Å²) in [6.07, 6.45) is -7.96. The number of phenolic OH excluding ortho intramolecular Hbond substituents is 2. The van der Waals surface area contributed by atoms with Crippen LogP contribution < -0.4 is 20.7 Å². The maximum atomic E-state index is 12.0. The molecule has 0 amide bonds. The maximum absolute atomic E-state index is 12.0.